The van der Waals surface area contributed by atoms with E-state index in [0.717, 1.165) is 38.5 Å². The van der Waals surface area contributed by atoms with E-state index in [9.17, 15) is 0 Å². The second-order valence-electron chi connectivity index (χ2n) is 2.95. The molecule has 0 aliphatic rings. The highest BCUT2D eigenvalue weighted by Gasteiger charge is 2.02. The second-order valence-corrected chi connectivity index (χ2v) is 2.95. The van der Waals surface area contributed by atoms with Crippen LogP contribution in [0, 0.1) is 0 Å². The Morgan fingerprint density at radius 1 is 1.46 bits per heavy atom. The zero-order chi connectivity index (χ0) is 10.1. The molecule has 0 saturated carbocycles. The van der Waals surface area contributed by atoms with Crippen LogP contribution in [0.25, 0.3) is 0 Å². The molecule has 0 aromatic carbocycles. The molecule has 0 rings (SSSR count). The van der Waals surface area contributed by atoms with Crippen LogP contribution in [0.4, 0.5) is 0 Å². The van der Waals surface area contributed by atoms with Crippen LogP contribution in [0.2, 0.25) is 0 Å². The summed E-state index contributed by atoms with van der Waals surface area (Å²) < 4.78 is 5.02. The van der Waals surface area contributed by atoms with E-state index in [1.54, 1.807) is 7.11 Å². The number of nitrogens with one attached hydrogen (secondary N) is 1. The minimum absolute atomic E-state index is 0.751. The molecule has 0 amide bonds. The van der Waals surface area contributed by atoms with Gasteiger partial charge in [-0.15, -0.1) is 0 Å². The standard InChI is InChI=1S/C10H22N2O/c1-5-7-11-10(3)12(6-2)8-9-13-4/h11H,3,5-9H2,1-2,4H3. The largest absolute Gasteiger partial charge is 0.383 e. The first kappa shape index (κ1) is 12.3. The van der Waals surface area contributed by atoms with Crippen LogP contribution in [0.15, 0.2) is 12.4 Å². The quantitative estimate of drug-likeness (QED) is 0.620. The molecular formula is C10H22N2O. The van der Waals surface area contributed by atoms with Crippen LogP contribution in [-0.4, -0.2) is 38.3 Å². The summed E-state index contributed by atoms with van der Waals surface area (Å²) in [5, 5.41) is 3.27. The Kier molecular flexibility index (Phi) is 7.50. The van der Waals surface area contributed by atoms with Gasteiger partial charge in [0.05, 0.1) is 12.4 Å². The van der Waals surface area contributed by atoms with Gasteiger partial charge in [0.15, 0.2) is 0 Å². The summed E-state index contributed by atoms with van der Waals surface area (Å²) in [6, 6.07) is 0. The van der Waals surface area contributed by atoms with E-state index >= 15 is 0 Å². The highest BCUT2D eigenvalue weighted by atomic mass is 16.5. The number of likely N-dealkylation sites (N-methyl/N-ethyl adjacent to an activating group) is 1. The second kappa shape index (κ2) is 7.92. The van der Waals surface area contributed by atoms with Crippen LogP contribution in [0.1, 0.15) is 20.3 Å². The first-order valence-corrected chi connectivity index (χ1v) is 4.92. The van der Waals surface area contributed by atoms with Crippen molar-refractivity contribution in [2.24, 2.45) is 0 Å². The lowest BCUT2D eigenvalue weighted by molar-refractivity contribution is 0.163. The van der Waals surface area contributed by atoms with E-state index in [2.05, 4.69) is 30.6 Å². The Balaban J connectivity index is 3.71. The van der Waals surface area contributed by atoms with Crippen molar-refractivity contribution in [1.82, 2.24) is 10.2 Å². The van der Waals surface area contributed by atoms with Gasteiger partial charge in [-0.1, -0.05) is 13.5 Å². The molecular weight excluding hydrogens is 164 g/mol. The van der Waals surface area contributed by atoms with Gasteiger partial charge in [0.2, 0.25) is 0 Å². The summed E-state index contributed by atoms with van der Waals surface area (Å²) in [4.78, 5) is 2.18. The molecule has 13 heavy (non-hydrogen) atoms. The highest BCUT2D eigenvalue weighted by molar-refractivity contribution is 4.90. The molecule has 78 valence electrons. The van der Waals surface area contributed by atoms with Crippen molar-refractivity contribution < 1.29 is 4.74 Å². The smallest absolute Gasteiger partial charge is 0.0939 e. The van der Waals surface area contributed by atoms with Crippen LogP contribution >= 0.6 is 0 Å². The van der Waals surface area contributed by atoms with Crippen molar-refractivity contribution in [1.29, 1.82) is 0 Å². The Morgan fingerprint density at radius 3 is 2.62 bits per heavy atom. The lowest BCUT2D eigenvalue weighted by Crippen LogP contribution is -2.33. The average molecular weight is 186 g/mol. The molecule has 0 saturated heterocycles. The van der Waals surface area contributed by atoms with Crippen LogP contribution < -0.4 is 5.32 Å². The van der Waals surface area contributed by atoms with Crippen LogP contribution in [0.5, 0.6) is 0 Å². The monoisotopic (exact) mass is 186 g/mol. The summed E-state index contributed by atoms with van der Waals surface area (Å²) in [5.41, 5.74) is 0. The third-order valence-corrected chi connectivity index (χ3v) is 1.91. The van der Waals surface area contributed by atoms with E-state index < -0.39 is 0 Å². The van der Waals surface area contributed by atoms with E-state index in [0.29, 0.717) is 0 Å². The molecule has 0 unspecified atom stereocenters. The highest BCUT2D eigenvalue weighted by Crippen LogP contribution is 1.96. The van der Waals surface area contributed by atoms with Crippen LogP contribution in [0.3, 0.4) is 0 Å². The van der Waals surface area contributed by atoms with Crippen molar-refractivity contribution in [2.75, 3.05) is 33.4 Å². The number of rotatable bonds is 8. The first-order valence-electron chi connectivity index (χ1n) is 4.92. The van der Waals surface area contributed by atoms with E-state index in [-0.39, 0.29) is 0 Å². The van der Waals surface area contributed by atoms with Gasteiger partial charge < -0.3 is 15.0 Å². The molecule has 0 aromatic rings. The number of hydrogen-bond donors (Lipinski definition) is 1. The SMILES string of the molecule is C=C(NCCC)N(CC)CCOC. The predicted molar refractivity (Wildman–Crippen MR) is 56.6 cm³/mol. The Hall–Kier alpha value is -0.700. The third-order valence-electron chi connectivity index (χ3n) is 1.91. The maximum atomic E-state index is 5.02. The fourth-order valence-electron chi connectivity index (χ4n) is 1.07. The van der Waals surface area contributed by atoms with Crippen molar-refractivity contribution in [2.45, 2.75) is 20.3 Å². The summed E-state index contributed by atoms with van der Waals surface area (Å²) in [6.45, 7) is 11.9. The van der Waals surface area contributed by atoms with Gasteiger partial charge in [-0.2, -0.15) is 0 Å². The van der Waals surface area contributed by atoms with Crippen molar-refractivity contribution in [3.05, 3.63) is 12.4 Å². The zero-order valence-electron chi connectivity index (χ0n) is 9.10. The van der Waals surface area contributed by atoms with Gasteiger partial charge in [-0.3, -0.25) is 0 Å². The summed E-state index contributed by atoms with van der Waals surface area (Å²) in [5.74, 6) is 1.00. The summed E-state index contributed by atoms with van der Waals surface area (Å²) in [6.07, 6.45) is 1.13. The van der Waals surface area contributed by atoms with E-state index in [4.69, 9.17) is 4.74 Å². The molecule has 0 radical (unpaired) electrons. The number of methoxy groups -OCH3 is 1. The minimum atomic E-state index is 0.751. The summed E-state index contributed by atoms with van der Waals surface area (Å²) in [7, 11) is 1.72. The topological polar surface area (TPSA) is 24.5 Å². The number of ether oxygens (including phenoxy) is 1. The van der Waals surface area contributed by atoms with Gasteiger partial charge in [-0.05, 0) is 13.3 Å². The molecule has 0 heterocycles. The molecule has 0 aliphatic carbocycles. The van der Waals surface area contributed by atoms with Gasteiger partial charge in [0.25, 0.3) is 0 Å². The maximum absolute atomic E-state index is 5.02. The normalized spacial score (nSPS) is 9.77. The average Bonchev–Trinajstić information content (AvgIpc) is 2.16. The molecule has 3 heteroatoms. The first-order chi connectivity index (χ1) is 6.26. The lowest BCUT2D eigenvalue weighted by Gasteiger charge is -2.25. The Labute approximate surface area is 81.8 Å². The van der Waals surface area contributed by atoms with Gasteiger partial charge in [0.1, 0.15) is 0 Å². The Bertz CT molecular complexity index is 137. The van der Waals surface area contributed by atoms with Gasteiger partial charge in [-0.25, -0.2) is 0 Å². The molecule has 0 aromatic heterocycles. The zero-order valence-corrected chi connectivity index (χ0v) is 9.10. The molecule has 0 spiro atoms. The Morgan fingerprint density at radius 2 is 2.15 bits per heavy atom. The molecule has 0 atom stereocenters. The molecule has 0 fully saturated rings. The summed E-state index contributed by atoms with van der Waals surface area (Å²) >= 11 is 0. The molecule has 3 nitrogen and oxygen atoms in total. The molecule has 0 bridgehead atoms. The van der Waals surface area contributed by atoms with Crippen LogP contribution in [-0.2, 0) is 4.74 Å². The lowest BCUT2D eigenvalue weighted by atomic mass is 10.4. The van der Waals surface area contributed by atoms with Crippen molar-refractivity contribution in [3.8, 4) is 0 Å². The number of hydrogen-bond acceptors (Lipinski definition) is 3. The van der Waals surface area contributed by atoms with E-state index in [1.165, 1.54) is 0 Å². The van der Waals surface area contributed by atoms with Gasteiger partial charge >= 0.3 is 0 Å². The van der Waals surface area contributed by atoms with Crippen molar-refractivity contribution >= 4 is 0 Å². The maximum Gasteiger partial charge on any atom is 0.0939 e. The fraction of sp³-hybridized carbons (Fsp3) is 0.800. The predicted octanol–water partition coefficient (Wildman–Crippen LogP) is 1.43. The molecule has 1 N–H and O–H groups in total. The minimum Gasteiger partial charge on any atom is -0.383 e. The van der Waals surface area contributed by atoms with E-state index in [1.807, 2.05) is 0 Å². The molecule has 0 aliphatic heterocycles. The number of nitrogens with zero attached hydrogens (tertiary/aromatic N) is 1. The third kappa shape index (κ3) is 5.53. The van der Waals surface area contributed by atoms with Gasteiger partial charge in [0, 0.05) is 26.7 Å². The fourth-order valence-corrected chi connectivity index (χ4v) is 1.07. The van der Waals surface area contributed by atoms with Crippen molar-refractivity contribution in [3.63, 3.8) is 0 Å².